The van der Waals surface area contributed by atoms with Crippen LogP contribution in [0.3, 0.4) is 0 Å². The molecule has 1 atom stereocenters. The number of methoxy groups -OCH3 is 2. The van der Waals surface area contributed by atoms with Gasteiger partial charge in [0.05, 0.1) is 14.2 Å². The van der Waals surface area contributed by atoms with Crippen molar-refractivity contribution in [3.63, 3.8) is 0 Å². The van der Waals surface area contributed by atoms with Crippen LogP contribution in [0.1, 0.15) is 23.2 Å². The van der Waals surface area contributed by atoms with Gasteiger partial charge in [0.2, 0.25) is 11.9 Å². The van der Waals surface area contributed by atoms with Crippen LogP contribution in [0, 0.1) is 6.92 Å². The van der Waals surface area contributed by atoms with E-state index in [0.29, 0.717) is 25.5 Å². The number of carbonyl (C=O) groups is 1. The van der Waals surface area contributed by atoms with Crippen LogP contribution < -0.4 is 19.7 Å². The number of anilines is 1. The number of piperazine rings is 1. The molecule has 0 bridgehead atoms. The van der Waals surface area contributed by atoms with Gasteiger partial charge in [0, 0.05) is 69.3 Å². The van der Waals surface area contributed by atoms with E-state index in [9.17, 15) is 4.79 Å². The lowest BCUT2D eigenvalue weighted by molar-refractivity contribution is -0.122. The van der Waals surface area contributed by atoms with Crippen LogP contribution in [-0.2, 0) is 17.8 Å². The van der Waals surface area contributed by atoms with Gasteiger partial charge in [-0.25, -0.2) is 9.97 Å². The van der Waals surface area contributed by atoms with Crippen molar-refractivity contribution in [1.82, 2.24) is 29.7 Å². The molecule has 1 unspecified atom stereocenters. The highest BCUT2D eigenvalue weighted by Gasteiger charge is 2.29. The molecule has 5 rings (SSSR count). The largest absolute Gasteiger partial charge is 0.497 e. The Morgan fingerprint density at radius 1 is 0.976 bits per heavy atom. The highest BCUT2D eigenvalue weighted by atomic mass is 16.5. The summed E-state index contributed by atoms with van der Waals surface area (Å²) >= 11 is 0. The Morgan fingerprint density at radius 2 is 1.68 bits per heavy atom. The molecule has 3 heterocycles. The fraction of sp³-hybridized carbons (Fsp3) is 0.355. The highest BCUT2D eigenvalue weighted by Crippen LogP contribution is 2.22. The molecule has 2 aromatic heterocycles. The third-order valence-corrected chi connectivity index (χ3v) is 7.41. The van der Waals surface area contributed by atoms with Crippen LogP contribution in [0.25, 0.3) is 5.95 Å². The molecular weight excluding hydrogens is 518 g/mol. The maximum Gasteiger partial charge on any atom is 0.237 e. The number of carbonyl (C=O) groups excluding carboxylic acids is 1. The Balaban J connectivity index is 1.28. The van der Waals surface area contributed by atoms with Gasteiger partial charge in [-0.05, 0) is 48.7 Å². The van der Waals surface area contributed by atoms with Gasteiger partial charge in [-0.15, -0.1) is 0 Å². The minimum atomic E-state index is 0.0279. The summed E-state index contributed by atoms with van der Waals surface area (Å²) in [6, 6.07) is 18.0. The molecule has 10 heteroatoms. The lowest BCUT2D eigenvalue weighted by Gasteiger charge is -2.42. The van der Waals surface area contributed by atoms with Gasteiger partial charge < -0.3 is 19.7 Å². The number of ether oxygens (including phenoxy) is 2. The van der Waals surface area contributed by atoms with Gasteiger partial charge in [0.1, 0.15) is 23.6 Å². The monoisotopic (exact) mass is 555 g/mol. The quantitative estimate of drug-likeness (QED) is 0.301. The standard InChI is InChI=1S/C31H37N7O3/c1-23-18-29(35-31(34-23)38-15-13-32-22-38)37-17-16-36(14-12-24-4-8-27(40-2)9-5-24)26(21-37)19-30(39)33-20-25-6-10-28(41-3)11-7-25/h4-11,13,15,18,22,26H,12,14,16-17,19-21H2,1-3H3,(H,33,39). The van der Waals surface area contributed by atoms with Crippen molar-refractivity contribution in [2.45, 2.75) is 32.4 Å². The van der Waals surface area contributed by atoms with E-state index >= 15 is 0 Å². The first-order valence-electron chi connectivity index (χ1n) is 13.9. The molecule has 214 valence electrons. The molecule has 0 radical (unpaired) electrons. The third kappa shape index (κ3) is 7.40. The number of rotatable bonds is 11. The number of nitrogens with one attached hydrogen (secondary N) is 1. The number of hydrogen-bond donors (Lipinski definition) is 1. The number of aryl methyl sites for hydroxylation is 1. The molecule has 0 spiro atoms. The number of imidazole rings is 1. The number of amides is 1. The number of benzene rings is 2. The summed E-state index contributed by atoms with van der Waals surface area (Å²) in [5, 5.41) is 3.11. The highest BCUT2D eigenvalue weighted by molar-refractivity contribution is 5.76. The maximum atomic E-state index is 13.2. The Hall–Kier alpha value is -4.44. The van der Waals surface area contributed by atoms with Crippen LogP contribution in [0.5, 0.6) is 11.5 Å². The third-order valence-electron chi connectivity index (χ3n) is 7.41. The number of nitrogens with zero attached hydrogens (tertiary/aromatic N) is 6. The Kier molecular flexibility index (Phi) is 9.10. The lowest BCUT2D eigenvalue weighted by Crippen LogP contribution is -2.55. The predicted molar refractivity (Wildman–Crippen MR) is 158 cm³/mol. The van der Waals surface area contributed by atoms with Crippen molar-refractivity contribution in [2.24, 2.45) is 0 Å². The maximum absolute atomic E-state index is 13.2. The second kappa shape index (κ2) is 13.3. The van der Waals surface area contributed by atoms with Crippen molar-refractivity contribution >= 4 is 11.7 Å². The van der Waals surface area contributed by atoms with Crippen molar-refractivity contribution in [1.29, 1.82) is 0 Å². The van der Waals surface area contributed by atoms with E-state index in [-0.39, 0.29) is 11.9 Å². The molecule has 4 aromatic rings. The van der Waals surface area contributed by atoms with E-state index in [0.717, 1.165) is 54.6 Å². The number of aromatic nitrogens is 4. The summed E-state index contributed by atoms with van der Waals surface area (Å²) in [6.07, 6.45) is 6.55. The zero-order valence-electron chi connectivity index (χ0n) is 23.9. The zero-order chi connectivity index (χ0) is 28.6. The second-order valence-corrected chi connectivity index (χ2v) is 10.2. The molecule has 10 nitrogen and oxygen atoms in total. The van der Waals surface area contributed by atoms with Gasteiger partial charge in [0.25, 0.3) is 0 Å². The topological polar surface area (TPSA) is 97.6 Å². The van der Waals surface area contributed by atoms with E-state index in [2.05, 4.69) is 37.2 Å². The summed E-state index contributed by atoms with van der Waals surface area (Å²) in [6.45, 7) is 5.64. The molecular formula is C31H37N7O3. The average Bonchev–Trinajstić information content (AvgIpc) is 3.55. The second-order valence-electron chi connectivity index (χ2n) is 10.2. The van der Waals surface area contributed by atoms with Crippen LogP contribution in [0.2, 0.25) is 0 Å². The fourth-order valence-electron chi connectivity index (χ4n) is 5.08. The number of hydrogen-bond acceptors (Lipinski definition) is 8. The SMILES string of the molecule is COc1ccc(CCN2CCN(c3cc(C)nc(-n4ccnc4)n3)CC2CC(=O)NCc2ccc(OC)cc2)cc1. The summed E-state index contributed by atoms with van der Waals surface area (Å²) < 4.78 is 12.4. The molecule has 1 fully saturated rings. The Morgan fingerprint density at radius 3 is 2.34 bits per heavy atom. The smallest absolute Gasteiger partial charge is 0.237 e. The van der Waals surface area contributed by atoms with Gasteiger partial charge in [0.15, 0.2) is 0 Å². The van der Waals surface area contributed by atoms with Gasteiger partial charge in [-0.2, -0.15) is 4.98 Å². The molecule has 1 saturated heterocycles. The lowest BCUT2D eigenvalue weighted by atomic mass is 10.1. The normalized spacial score (nSPS) is 15.5. The first-order chi connectivity index (χ1) is 20.0. The van der Waals surface area contributed by atoms with Gasteiger partial charge >= 0.3 is 0 Å². The molecule has 1 amide bonds. The fourth-order valence-corrected chi connectivity index (χ4v) is 5.08. The molecule has 1 aliphatic rings. The van der Waals surface area contributed by atoms with E-state index in [1.165, 1.54) is 5.56 Å². The van der Waals surface area contributed by atoms with Gasteiger partial charge in [-0.3, -0.25) is 14.3 Å². The van der Waals surface area contributed by atoms with Crippen molar-refractivity contribution in [2.75, 3.05) is 45.3 Å². The average molecular weight is 556 g/mol. The van der Waals surface area contributed by atoms with Crippen LogP contribution >= 0.6 is 0 Å². The van der Waals surface area contributed by atoms with Crippen molar-refractivity contribution in [3.05, 3.63) is 90.1 Å². The van der Waals surface area contributed by atoms with Crippen molar-refractivity contribution < 1.29 is 14.3 Å². The van der Waals surface area contributed by atoms with Crippen LogP contribution in [-0.4, -0.2) is 76.8 Å². The zero-order valence-corrected chi connectivity index (χ0v) is 23.9. The van der Waals surface area contributed by atoms with Gasteiger partial charge in [-0.1, -0.05) is 24.3 Å². The summed E-state index contributed by atoms with van der Waals surface area (Å²) in [5.41, 5.74) is 3.16. The molecule has 41 heavy (non-hydrogen) atoms. The summed E-state index contributed by atoms with van der Waals surface area (Å²) in [7, 11) is 3.32. The first-order valence-corrected chi connectivity index (χ1v) is 13.9. The Labute approximate surface area is 241 Å². The van der Waals surface area contributed by atoms with Crippen LogP contribution in [0.15, 0.2) is 73.3 Å². The first kappa shape index (κ1) is 28.1. The molecule has 2 aromatic carbocycles. The molecule has 0 saturated carbocycles. The minimum Gasteiger partial charge on any atom is -0.497 e. The molecule has 0 aliphatic carbocycles. The molecule has 1 aliphatic heterocycles. The van der Waals surface area contributed by atoms with Crippen LogP contribution in [0.4, 0.5) is 5.82 Å². The summed E-state index contributed by atoms with van der Waals surface area (Å²) in [4.78, 5) is 31.4. The van der Waals surface area contributed by atoms with E-state index < -0.39 is 0 Å². The summed E-state index contributed by atoms with van der Waals surface area (Å²) in [5.74, 6) is 3.13. The van der Waals surface area contributed by atoms with E-state index in [4.69, 9.17) is 14.5 Å². The predicted octanol–water partition coefficient (Wildman–Crippen LogP) is 3.43. The van der Waals surface area contributed by atoms with E-state index in [1.807, 2.05) is 60.2 Å². The molecule has 1 N–H and O–H groups in total. The Bertz CT molecular complexity index is 1410. The minimum absolute atomic E-state index is 0.0279. The van der Waals surface area contributed by atoms with E-state index in [1.54, 1.807) is 26.7 Å². The van der Waals surface area contributed by atoms with Crippen molar-refractivity contribution in [3.8, 4) is 17.4 Å².